The lowest BCUT2D eigenvalue weighted by atomic mass is 10.1. The predicted octanol–water partition coefficient (Wildman–Crippen LogP) is 4.45. The molecule has 1 aromatic heterocycles. The lowest BCUT2D eigenvalue weighted by Gasteiger charge is -2.09. The van der Waals surface area contributed by atoms with Crippen LogP contribution in [0.2, 0.25) is 0 Å². The molecule has 4 heteroatoms. The highest BCUT2D eigenvalue weighted by Crippen LogP contribution is 2.23. The summed E-state index contributed by atoms with van der Waals surface area (Å²) in [6.07, 6.45) is 1.46. The molecule has 0 unspecified atom stereocenters. The fraction of sp³-hybridized carbons (Fsp3) is 0.188. The first-order valence-electron chi connectivity index (χ1n) is 6.37. The van der Waals surface area contributed by atoms with Crippen LogP contribution in [0.25, 0.3) is 11.1 Å². The van der Waals surface area contributed by atoms with Crippen molar-refractivity contribution in [2.24, 2.45) is 0 Å². The van der Waals surface area contributed by atoms with E-state index in [1.54, 1.807) is 0 Å². The summed E-state index contributed by atoms with van der Waals surface area (Å²) in [6, 6.07) is 11.7. The molecular weight excluding hydrogens is 274 g/mol. The number of benzene rings is 2. The van der Waals surface area contributed by atoms with E-state index in [4.69, 9.17) is 20.8 Å². The highest BCUT2D eigenvalue weighted by atomic mass is 35.5. The maximum atomic E-state index is 5.83. The van der Waals surface area contributed by atoms with Crippen molar-refractivity contribution in [2.75, 3.05) is 0 Å². The van der Waals surface area contributed by atoms with Gasteiger partial charge in [0.05, 0.1) is 0 Å². The smallest absolute Gasteiger partial charge is 0.181 e. The van der Waals surface area contributed by atoms with Gasteiger partial charge in [0.2, 0.25) is 0 Å². The second-order valence-corrected chi connectivity index (χ2v) is 4.89. The van der Waals surface area contributed by atoms with Crippen molar-refractivity contribution >= 4 is 22.7 Å². The summed E-state index contributed by atoms with van der Waals surface area (Å²) in [5.41, 5.74) is 4.92. The molecule has 0 radical (unpaired) electrons. The molecule has 0 fully saturated rings. The van der Waals surface area contributed by atoms with Gasteiger partial charge in [-0.3, -0.25) is 0 Å². The fourth-order valence-electron chi connectivity index (χ4n) is 2.10. The predicted molar refractivity (Wildman–Crippen MR) is 79.1 cm³/mol. The lowest BCUT2D eigenvalue weighted by molar-refractivity contribution is 0.306. The van der Waals surface area contributed by atoms with E-state index in [0.717, 1.165) is 33.5 Å². The molecule has 3 nitrogen and oxygen atoms in total. The molecule has 20 heavy (non-hydrogen) atoms. The van der Waals surface area contributed by atoms with Crippen molar-refractivity contribution in [3.8, 4) is 5.75 Å². The van der Waals surface area contributed by atoms with Crippen molar-refractivity contribution in [3.05, 3.63) is 59.5 Å². The molecular formula is C16H14ClNO2. The maximum Gasteiger partial charge on any atom is 0.181 e. The minimum absolute atomic E-state index is 0.468. The third-order valence-corrected chi connectivity index (χ3v) is 3.61. The molecule has 0 N–H and O–H groups in total. The Kier molecular flexibility index (Phi) is 3.61. The highest BCUT2D eigenvalue weighted by molar-refractivity contribution is 6.17. The number of hydrogen-bond donors (Lipinski definition) is 0. The van der Waals surface area contributed by atoms with E-state index >= 15 is 0 Å². The Morgan fingerprint density at radius 3 is 2.70 bits per heavy atom. The standard InChI is InChI=1S/C16H14ClNO2/c1-11-2-7-15-16(18-10-20-15)14(11)9-19-13-5-3-12(8-17)4-6-13/h2-7,10H,8-9H2,1H3. The quantitative estimate of drug-likeness (QED) is 0.665. The van der Waals surface area contributed by atoms with Crippen LogP contribution < -0.4 is 4.74 Å². The Hall–Kier alpha value is -2.00. The number of alkyl halides is 1. The summed E-state index contributed by atoms with van der Waals surface area (Å²) >= 11 is 5.77. The topological polar surface area (TPSA) is 35.3 Å². The van der Waals surface area contributed by atoms with Gasteiger partial charge in [-0.2, -0.15) is 0 Å². The molecule has 0 atom stereocenters. The average Bonchev–Trinajstić information content (AvgIpc) is 2.95. The Morgan fingerprint density at radius 2 is 1.95 bits per heavy atom. The average molecular weight is 288 g/mol. The number of hydrogen-bond acceptors (Lipinski definition) is 3. The van der Waals surface area contributed by atoms with E-state index in [2.05, 4.69) is 4.98 Å². The normalized spacial score (nSPS) is 10.9. The molecule has 0 aliphatic carbocycles. The number of ether oxygens (including phenoxy) is 1. The van der Waals surface area contributed by atoms with Gasteiger partial charge < -0.3 is 9.15 Å². The summed E-state index contributed by atoms with van der Waals surface area (Å²) in [7, 11) is 0. The van der Waals surface area contributed by atoms with Gasteiger partial charge in [0, 0.05) is 11.4 Å². The first kappa shape index (κ1) is 13.0. The molecule has 102 valence electrons. The molecule has 0 saturated heterocycles. The van der Waals surface area contributed by atoms with Crippen LogP contribution >= 0.6 is 11.6 Å². The van der Waals surface area contributed by atoms with Gasteiger partial charge in [0.25, 0.3) is 0 Å². The van der Waals surface area contributed by atoms with Gasteiger partial charge >= 0.3 is 0 Å². The van der Waals surface area contributed by atoms with Crippen LogP contribution in [-0.2, 0) is 12.5 Å². The molecule has 0 aliphatic rings. The van der Waals surface area contributed by atoms with Crippen LogP contribution in [0.4, 0.5) is 0 Å². The van der Waals surface area contributed by atoms with Crippen LogP contribution in [0.15, 0.2) is 47.2 Å². The van der Waals surface area contributed by atoms with E-state index < -0.39 is 0 Å². The second kappa shape index (κ2) is 5.55. The fourth-order valence-corrected chi connectivity index (χ4v) is 2.28. The number of rotatable bonds is 4. The number of nitrogens with zero attached hydrogens (tertiary/aromatic N) is 1. The van der Waals surface area contributed by atoms with Crippen LogP contribution in [0.3, 0.4) is 0 Å². The maximum absolute atomic E-state index is 5.83. The SMILES string of the molecule is Cc1ccc2ocnc2c1COc1ccc(CCl)cc1. The molecule has 1 heterocycles. The summed E-state index contributed by atoms with van der Waals surface area (Å²) in [5, 5.41) is 0. The van der Waals surface area contributed by atoms with Crippen molar-refractivity contribution in [1.82, 2.24) is 4.98 Å². The van der Waals surface area contributed by atoms with Crippen LogP contribution in [-0.4, -0.2) is 4.98 Å². The third kappa shape index (κ3) is 2.49. The Bertz CT molecular complexity index is 719. The molecule has 0 bridgehead atoms. The molecule has 0 saturated carbocycles. The monoisotopic (exact) mass is 287 g/mol. The van der Waals surface area contributed by atoms with Crippen LogP contribution in [0.5, 0.6) is 5.75 Å². The van der Waals surface area contributed by atoms with Gasteiger partial charge in [-0.1, -0.05) is 18.2 Å². The Labute approximate surface area is 122 Å². The van der Waals surface area contributed by atoms with Gasteiger partial charge in [-0.15, -0.1) is 11.6 Å². The zero-order valence-electron chi connectivity index (χ0n) is 11.1. The van der Waals surface area contributed by atoms with Gasteiger partial charge in [0.15, 0.2) is 12.0 Å². The first-order valence-corrected chi connectivity index (χ1v) is 6.91. The molecule has 3 rings (SSSR count). The third-order valence-electron chi connectivity index (χ3n) is 3.30. The lowest BCUT2D eigenvalue weighted by Crippen LogP contribution is -1.99. The summed E-state index contributed by atoms with van der Waals surface area (Å²) in [6.45, 7) is 2.51. The molecule has 3 aromatic rings. The van der Waals surface area contributed by atoms with E-state index in [0.29, 0.717) is 12.5 Å². The number of aromatic nitrogens is 1. The Balaban J connectivity index is 1.82. The van der Waals surface area contributed by atoms with E-state index in [1.807, 2.05) is 43.3 Å². The second-order valence-electron chi connectivity index (χ2n) is 4.63. The number of aryl methyl sites for hydroxylation is 1. The van der Waals surface area contributed by atoms with E-state index in [9.17, 15) is 0 Å². The number of halogens is 1. The Morgan fingerprint density at radius 1 is 1.15 bits per heavy atom. The van der Waals surface area contributed by atoms with Gasteiger partial charge in [-0.25, -0.2) is 4.98 Å². The van der Waals surface area contributed by atoms with Crippen LogP contribution in [0, 0.1) is 6.92 Å². The van der Waals surface area contributed by atoms with E-state index in [1.165, 1.54) is 6.39 Å². The molecule has 2 aromatic carbocycles. The van der Waals surface area contributed by atoms with Crippen molar-refractivity contribution < 1.29 is 9.15 Å². The van der Waals surface area contributed by atoms with Gasteiger partial charge in [-0.05, 0) is 36.2 Å². The molecule has 0 spiro atoms. The number of fused-ring (bicyclic) bond motifs is 1. The zero-order valence-corrected chi connectivity index (χ0v) is 11.9. The minimum Gasteiger partial charge on any atom is -0.489 e. The van der Waals surface area contributed by atoms with Crippen LogP contribution in [0.1, 0.15) is 16.7 Å². The van der Waals surface area contributed by atoms with Crippen molar-refractivity contribution in [1.29, 1.82) is 0 Å². The molecule has 0 amide bonds. The van der Waals surface area contributed by atoms with E-state index in [-0.39, 0.29) is 0 Å². The summed E-state index contributed by atoms with van der Waals surface area (Å²) in [4.78, 5) is 4.26. The largest absolute Gasteiger partial charge is 0.489 e. The zero-order chi connectivity index (χ0) is 13.9. The van der Waals surface area contributed by atoms with Crippen molar-refractivity contribution in [3.63, 3.8) is 0 Å². The summed E-state index contributed by atoms with van der Waals surface area (Å²) < 4.78 is 11.1. The summed E-state index contributed by atoms with van der Waals surface area (Å²) in [5.74, 6) is 1.33. The minimum atomic E-state index is 0.468. The van der Waals surface area contributed by atoms with Crippen molar-refractivity contribution in [2.45, 2.75) is 19.4 Å². The number of oxazole rings is 1. The molecule has 0 aliphatic heterocycles. The van der Waals surface area contributed by atoms with Gasteiger partial charge in [0.1, 0.15) is 17.9 Å². The highest BCUT2D eigenvalue weighted by Gasteiger charge is 2.09. The first-order chi connectivity index (χ1) is 9.78.